The van der Waals surface area contributed by atoms with Crippen LogP contribution in [0.15, 0.2) is 50.0 Å². The van der Waals surface area contributed by atoms with Crippen LogP contribution in [-0.2, 0) is 0 Å². The summed E-state index contributed by atoms with van der Waals surface area (Å²) in [6.07, 6.45) is -1.09. The van der Waals surface area contributed by atoms with Gasteiger partial charge in [0, 0.05) is 10.2 Å². The lowest BCUT2D eigenvalue weighted by atomic mass is 10.3. The van der Waals surface area contributed by atoms with Gasteiger partial charge in [0.2, 0.25) is 3.79 Å². The Morgan fingerprint density at radius 1 is 1.08 bits per heavy atom. The number of thiocarbonyl (C=S) groups is 1. The lowest BCUT2D eigenvalue weighted by Crippen LogP contribution is -2.56. The minimum Gasteiger partial charge on any atom is -0.444 e. The van der Waals surface area contributed by atoms with E-state index >= 15 is 0 Å². The minimum atomic E-state index is -1.86. The van der Waals surface area contributed by atoms with E-state index in [2.05, 4.69) is 47.8 Å². The van der Waals surface area contributed by atoms with Crippen LogP contribution >= 0.6 is 78.9 Å². The van der Waals surface area contributed by atoms with E-state index in [1.54, 1.807) is 18.2 Å². The number of benzene rings is 1. The van der Waals surface area contributed by atoms with E-state index in [1.807, 2.05) is 12.1 Å². The predicted octanol–water partition coefficient (Wildman–Crippen LogP) is 5.22. The average Bonchev–Trinajstić information content (AvgIpc) is 2.94. The number of hydrogen-bond acceptors (Lipinski definition) is 3. The number of nitrogens with one attached hydrogen (secondary N) is 3. The van der Waals surface area contributed by atoms with Gasteiger partial charge in [-0.05, 0) is 64.5 Å². The first-order valence-electron chi connectivity index (χ1n) is 6.61. The van der Waals surface area contributed by atoms with E-state index < -0.39 is 15.9 Å². The Morgan fingerprint density at radius 3 is 2.24 bits per heavy atom. The van der Waals surface area contributed by atoms with Crippen LogP contribution in [0.4, 0.5) is 5.69 Å². The van der Waals surface area contributed by atoms with Crippen LogP contribution in [0.2, 0.25) is 0 Å². The standard InChI is InChI=1S/C14H10Br2Cl3N3O2S/c15-7-1-3-8(4-2-7)20-13(25)22-12(14(17,18)19)21-11(23)9-5-6-10(16)24-9/h1-6,12H,(H,21,23)(H2,20,22,25)/t12-/m0/s1. The summed E-state index contributed by atoms with van der Waals surface area (Å²) in [6.45, 7) is 0. The largest absolute Gasteiger partial charge is 0.444 e. The molecule has 0 bridgehead atoms. The molecule has 0 saturated heterocycles. The Bertz CT molecular complexity index is 765. The van der Waals surface area contributed by atoms with Gasteiger partial charge in [0.05, 0.1) is 0 Å². The van der Waals surface area contributed by atoms with Gasteiger partial charge in [-0.2, -0.15) is 0 Å². The van der Waals surface area contributed by atoms with Crippen molar-refractivity contribution >= 4 is 95.6 Å². The van der Waals surface area contributed by atoms with Gasteiger partial charge in [-0.3, -0.25) is 4.79 Å². The molecule has 134 valence electrons. The summed E-state index contributed by atoms with van der Waals surface area (Å²) < 4.78 is 4.64. The molecule has 0 radical (unpaired) electrons. The zero-order valence-electron chi connectivity index (χ0n) is 12.2. The zero-order valence-corrected chi connectivity index (χ0v) is 18.4. The third kappa shape index (κ3) is 6.62. The van der Waals surface area contributed by atoms with Crippen molar-refractivity contribution in [3.05, 3.63) is 51.3 Å². The van der Waals surface area contributed by atoms with Gasteiger partial charge in [-0.1, -0.05) is 50.7 Å². The topological polar surface area (TPSA) is 66.3 Å². The molecule has 3 N–H and O–H groups in total. The summed E-state index contributed by atoms with van der Waals surface area (Å²) >= 11 is 29.4. The van der Waals surface area contributed by atoms with Crippen molar-refractivity contribution in [1.82, 2.24) is 10.6 Å². The molecule has 0 aliphatic rings. The smallest absolute Gasteiger partial charge is 0.288 e. The Balaban J connectivity index is 2.03. The average molecular weight is 550 g/mol. The van der Waals surface area contributed by atoms with E-state index in [4.69, 9.17) is 51.4 Å². The van der Waals surface area contributed by atoms with Crippen molar-refractivity contribution in [2.45, 2.75) is 9.96 Å². The van der Waals surface area contributed by atoms with Crippen LogP contribution in [-0.4, -0.2) is 21.0 Å². The molecule has 0 saturated carbocycles. The monoisotopic (exact) mass is 547 g/mol. The van der Waals surface area contributed by atoms with Crippen LogP contribution in [0.25, 0.3) is 0 Å². The predicted molar refractivity (Wildman–Crippen MR) is 111 cm³/mol. The van der Waals surface area contributed by atoms with Gasteiger partial charge in [0.25, 0.3) is 5.91 Å². The molecule has 0 fully saturated rings. The van der Waals surface area contributed by atoms with E-state index in [0.29, 0.717) is 4.67 Å². The van der Waals surface area contributed by atoms with E-state index in [0.717, 1.165) is 10.2 Å². The molecule has 1 atom stereocenters. The van der Waals surface area contributed by atoms with Crippen LogP contribution in [0, 0.1) is 0 Å². The normalized spacial score (nSPS) is 12.4. The number of halogens is 5. The van der Waals surface area contributed by atoms with Crippen molar-refractivity contribution in [3.8, 4) is 0 Å². The Morgan fingerprint density at radius 2 is 1.72 bits per heavy atom. The maximum Gasteiger partial charge on any atom is 0.288 e. The second-order valence-electron chi connectivity index (χ2n) is 4.66. The van der Waals surface area contributed by atoms with Crippen LogP contribution < -0.4 is 16.0 Å². The fourth-order valence-corrected chi connectivity index (χ4v) is 2.80. The molecule has 2 rings (SSSR count). The fraction of sp³-hybridized carbons (Fsp3) is 0.143. The first-order chi connectivity index (χ1) is 11.6. The first-order valence-corrected chi connectivity index (χ1v) is 9.74. The molecule has 25 heavy (non-hydrogen) atoms. The Hall–Kier alpha value is -0.510. The molecule has 1 amide bonds. The Kier molecular flexibility index (Phi) is 7.42. The van der Waals surface area contributed by atoms with Crippen molar-refractivity contribution in [3.63, 3.8) is 0 Å². The van der Waals surface area contributed by atoms with Crippen LogP contribution in [0.5, 0.6) is 0 Å². The van der Waals surface area contributed by atoms with Crippen molar-refractivity contribution in [2.75, 3.05) is 5.32 Å². The molecule has 5 nitrogen and oxygen atoms in total. The van der Waals surface area contributed by atoms with Crippen molar-refractivity contribution in [1.29, 1.82) is 0 Å². The number of amides is 1. The highest BCUT2D eigenvalue weighted by molar-refractivity contribution is 9.10. The summed E-state index contributed by atoms with van der Waals surface area (Å²) in [5, 5.41) is 8.37. The summed E-state index contributed by atoms with van der Waals surface area (Å²) in [7, 11) is 0. The maximum atomic E-state index is 12.2. The number of carbonyl (C=O) groups is 1. The first kappa shape index (κ1) is 20.8. The SMILES string of the molecule is O=C(N[C@@H](NC(=S)Nc1ccc(Br)cc1)C(Cl)(Cl)Cl)c1ccc(Br)o1. The van der Waals surface area contributed by atoms with Gasteiger partial charge in [0.15, 0.2) is 15.5 Å². The van der Waals surface area contributed by atoms with Gasteiger partial charge < -0.3 is 20.4 Å². The highest BCUT2D eigenvalue weighted by atomic mass is 79.9. The third-order valence-electron chi connectivity index (χ3n) is 2.78. The van der Waals surface area contributed by atoms with Crippen LogP contribution in [0.3, 0.4) is 0 Å². The summed E-state index contributed by atoms with van der Waals surface area (Å²) in [4.78, 5) is 12.2. The summed E-state index contributed by atoms with van der Waals surface area (Å²) in [6, 6.07) is 10.4. The molecule has 0 aliphatic carbocycles. The minimum absolute atomic E-state index is 0.0553. The quantitative estimate of drug-likeness (QED) is 0.277. The highest BCUT2D eigenvalue weighted by Gasteiger charge is 2.35. The molecule has 1 heterocycles. The molecule has 0 spiro atoms. The molecule has 1 aromatic carbocycles. The van der Waals surface area contributed by atoms with E-state index in [-0.39, 0.29) is 10.9 Å². The molecular formula is C14H10Br2Cl3N3O2S. The van der Waals surface area contributed by atoms with E-state index in [1.165, 1.54) is 6.07 Å². The second-order valence-corrected chi connectivity index (χ2v) is 9.13. The molecule has 1 aromatic heterocycles. The van der Waals surface area contributed by atoms with Crippen LogP contribution in [0.1, 0.15) is 10.6 Å². The van der Waals surface area contributed by atoms with Gasteiger partial charge >= 0.3 is 0 Å². The molecule has 0 aliphatic heterocycles. The van der Waals surface area contributed by atoms with Gasteiger partial charge in [0.1, 0.15) is 6.17 Å². The Labute approximate surface area is 181 Å². The molecular weight excluding hydrogens is 540 g/mol. The lowest BCUT2D eigenvalue weighted by molar-refractivity contribution is 0.0905. The number of hydrogen-bond donors (Lipinski definition) is 3. The summed E-state index contributed by atoms with van der Waals surface area (Å²) in [5.74, 6) is -0.513. The highest BCUT2D eigenvalue weighted by Crippen LogP contribution is 2.29. The zero-order chi connectivity index (χ0) is 18.6. The molecule has 0 unspecified atom stereocenters. The molecule has 2 aromatic rings. The van der Waals surface area contributed by atoms with Crippen molar-refractivity contribution in [2.24, 2.45) is 0 Å². The second kappa shape index (κ2) is 8.92. The van der Waals surface area contributed by atoms with E-state index in [9.17, 15) is 4.79 Å². The summed E-state index contributed by atoms with van der Waals surface area (Å²) in [5.41, 5.74) is 0.727. The molecule has 11 heteroatoms. The number of furan rings is 1. The van der Waals surface area contributed by atoms with Gasteiger partial charge in [-0.25, -0.2) is 0 Å². The fourth-order valence-electron chi connectivity index (χ4n) is 1.67. The maximum absolute atomic E-state index is 12.2. The third-order valence-corrected chi connectivity index (χ3v) is 4.61. The number of rotatable bonds is 4. The number of carbonyl (C=O) groups excluding carboxylic acids is 1. The lowest BCUT2D eigenvalue weighted by Gasteiger charge is -2.27. The van der Waals surface area contributed by atoms with Gasteiger partial charge in [-0.15, -0.1) is 0 Å². The van der Waals surface area contributed by atoms with Crippen molar-refractivity contribution < 1.29 is 9.21 Å². The number of anilines is 1. The number of alkyl halides is 3.